The zero-order valence-electron chi connectivity index (χ0n) is 25.2. The van der Waals surface area contributed by atoms with E-state index in [9.17, 15) is 20.3 Å². The summed E-state index contributed by atoms with van der Waals surface area (Å²) in [5.41, 5.74) is 6.05. The highest BCUT2D eigenvalue weighted by Crippen LogP contribution is 2.38. The highest BCUT2D eigenvalue weighted by atomic mass is 35.5. The second-order valence-corrected chi connectivity index (χ2v) is 11.8. The Balaban J connectivity index is 1.25. The summed E-state index contributed by atoms with van der Waals surface area (Å²) in [5.74, 6) is 1.34. The van der Waals surface area contributed by atoms with Gasteiger partial charge in [-0.05, 0) is 65.1 Å². The normalized spacial score (nSPS) is 17.3. The van der Waals surface area contributed by atoms with Crippen LogP contribution in [0.25, 0.3) is 11.1 Å². The largest absolute Gasteiger partial charge is 0.488 e. The van der Waals surface area contributed by atoms with Crippen molar-refractivity contribution in [3.8, 4) is 40.2 Å². The SMILES string of the molecule is Cc1c(COc2cc(OCc3cccc(C#N)c3)c(CN3C[C@H](O)C[C@@H]3C(=O)O)cc2Cl)cccc1-c1ccc2c(c1)OCCO2. The number of fused-ring (bicyclic) bond motifs is 1. The molecule has 6 rings (SSSR count). The number of β-amino-alcohol motifs (C(OH)–C–C–N with tert-alkyl or cyclic N) is 1. The Bertz CT molecular complexity index is 1800. The number of hydrogen-bond donors (Lipinski definition) is 2. The molecule has 2 N–H and O–H groups in total. The number of carboxylic acids is 1. The van der Waals surface area contributed by atoms with Gasteiger partial charge in [0.2, 0.25) is 0 Å². The van der Waals surface area contributed by atoms with E-state index in [1.807, 2.05) is 43.3 Å². The number of aliphatic hydroxyl groups is 1. The van der Waals surface area contributed by atoms with Gasteiger partial charge in [0, 0.05) is 31.1 Å². The molecule has 9 nitrogen and oxygen atoms in total. The van der Waals surface area contributed by atoms with Crippen LogP contribution >= 0.6 is 11.6 Å². The van der Waals surface area contributed by atoms with Crippen LogP contribution in [0.2, 0.25) is 5.02 Å². The number of carbonyl (C=O) groups is 1. The number of rotatable bonds is 10. The van der Waals surface area contributed by atoms with E-state index >= 15 is 0 Å². The molecule has 2 heterocycles. The van der Waals surface area contributed by atoms with Gasteiger partial charge in [0.05, 0.1) is 22.8 Å². The Labute approximate surface area is 272 Å². The predicted octanol–water partition coefficient (Wildman–Crippen LogP) is 6.14. The van der Waals surface area contributed by atoms with E-state index in [2.05, 4.69) is 12.1 Å². The van der Waals surface area contributed by atoms with Gasteiger partial charge in [-0.1, -0.05) is 48.0 Å². The van der Waals surface area contributed by atoms with Crippen molar-refractivity contribution in [3.63, 3.8) is 0 Å². The molecule has 10 heteroatoms. The van der Waals surface area contributed by atoms with E-state index in [1.54, 1.807) is 35.2 Å². The third-order valence-electron chi connectivity index (χ3n) is 8.29. The number of nitrogens with zero attached hydrogens (tertiary/aromatic N) is 2. The molecule has 2 aliphatic heterocycles. The van der Waals surface area contributed by atoms with Crippen LogP contribution in [0.3, 0.4) is 0 Å². The van der Waals surface area contributed by atoms with Crippen LogP contribution in [-0.4, -0.2) is 53.0 Å². The molecule has 2 atom stereocenters. The molecule has 2 aliphatic rings. The second kappa shape index (κ2) is 13.7. The second-order valence-electron chi connectivity index (χ2n) is 11.4. The van der Waals surface area contributed by atoms with Crippen LogP contribution in [0.4, 0.5) is 0 Å². The van der Waals surface area contributed by atoms with E-state index in [0.717, 1.165) is 39.3 Å². The van der Waals surface area contributed by atoms with Gasteiger partial charge in [0.1, 0.15) is 44.0 Å². The fraction of sp³-hybridized carbons (Fsp3) is 0.278. The molecule has 46 heavy (non-hydrogen) atoms. The van der Waals surface area contributed by atoms with E-state index in [0.29, 0.717) is 40.9 Å². The van der Waals surface area contributed by atoms with Gasteiger partial charge in [-0.15, -0.1) is 0 Å². The standard InChI is InChI=1S/C36H33ClN2O7/c1-22-26(6-3-7-29(22)25-8-9-32-35(14-25)44-11-10-43-32)21-46-34-16-33(45-20-24-5-2-4-23(12-24)17-38)27(13-30(34)37)18-39-19-28(40)15-31(39)36(41)42/h2-9,12-14,16,28,31,40H,10-11,15,18-21H2,1H3,(H,41,42)/t28-,31-/m1/s1. The molecular weight excluding hydrogens is 608 g/mol. The summed E-state index contributed by atoms with van der Waals surface area (Å²) >= 11 is 6.75. The Hall–Kier alpha value is -4.75. The summed E-state index contributed by atoms with van der Waals surface area (Å²) in [7, 11) is 0. The lowest BCUT2D eigenvalue weighted by Crippen LogP contribution is -2.35. The van der Waals surface area contributed by atoms with Crippen molar-refractivity contribution < 1.29 is 34.0 Å². The minimum atomic E-state index is -0.993. The van der Waals surface area contributed by atoms with Crippen LogP contribution in [0.1, 0.15) is 34.2 Å². The fourth-order valence-corrected chi connectivity index (χ4v) is 6.13. The Morgan fingerprint density at radius 1 is 0.978 bits per heavy atom. The fourth-order valence-electron chi connectivity index (χ4n) is 5.88. The van der Waals surface area contributed by atoms with E-state index in [-0.39, 0.29) is 32.7 Å². The lowest BCUT2D eigenvalue weighted by Gasteiger charge is -2.23. The molecule has 4 aromatic carbocycles. The van der Waals surface area contributed by atoms with Crippen molar-refractivity contribution in [1.29, 1.82) is 5.26 Å². The molecule has 1 saturated heterocycles. The molecule has 0 aromatic heterocycles. The first-order valence-electron chi connectivity index (χ1n) is 15.0. The van der Waals surface area contributed by atoms with Gasteiger partial charge < -0.3 is 29.2 Å². The molecule has 236 valence electrons. The smallest absolute Gasteiger partial charge is 0.321 e. The van der Waals surface area contributed by atoms with Crippen LogP contribution in [0.5, 0.6) is 23.0 Å². The van der Waals surface area contributed by atoms with Crippen LogP contribution in [0.15, 0.2) is 72.8 Å². The van der Waals surface area contributed by atoms with Gasteiger partial charge >= 0.3 is 5.97 Å². The average molecular weight is 641 g/mol. The molecule has 0 bridgehead atoms. The Kier molecular flexibility index (Phi) is 9.31. The summed E-state index contributed by atoms with van der Waals surface area (Å²) in [6, 6.07) is 23.8. The average Bonchev–Trinajstić information content (AvgIpc) is 3.44. The van der Waals surface area contributed by atoms with E-state index < -0.39 is 18.1 Å². The summed E-state index contributed by atoms with van der Waals surface area (Å²) < 4.78 is 24.0. The number of nitriles is 1. The molecule has 4 aromatic rings. The van der Waals surface area contributed by atoms with E-state index in [1.165, 1.54) is 0 Å². The Morgan fingerprint density at radius 3 is 2.57 bits per heavy atom. The number of carboxylic acid groups (broad SMARTS) is 1. The molecular formula is C36H33ClN2O7. The van der Waals surface area contributed by atoms with Crippen LogP contribution < -0.4 is 18.9 Å². The maximum atomic E-state index is 11.9. The zero-order chi connectivity index (χ0) is 32.2. The lowest BCUT2D eigenvalue weighted by atomic mass is 9.96. The summed E-state index contributed by atoms with van der Waals surface area (Å²) in [6.45, 7) is 3.93. The van der Waals surface area contributed by atoms with Gasteiger partial charge in [-0.2, -0.15) is 5.26 Å². The third-order valence-corrected chi connectivity index (χ3v) is 8.58. The van der Waals surface area contributed by atoms with Crippen molar-refractivity contribution in [2.24, 2.45) is 0 Å². The van der Waals surface area contributed by atoms with Crippen molar-refractivity contribution in [2.45, 2.75) is 45.2 Å². The highest BCUT2D eigenvalue weighted by molar-refractivity contribution is 6.32. The summed E-state index contributed by atoms with van der Waals surface area (Å²) in [6.07, 6.45) is -0.593. The Morgan fingerprint density at radius 2 is 1.76 bits per heavy atom. The predicted molar refractivity (Wildman–Crippen MR) is 171 cm³/mol. The number of halogens is 1. The van der Waals surface area contributed by atoms with Crippen molar-refractivity contribution in [1.82, 2.24) is 4.90 Å². The van der Waals surface area contributed by atoms with Crippen molar-refractivity contribution in [2.75, 3.05) is 19.8 Å². The number of ether oxygens (including phenoxy) is 4. The summed E-state index contributed by atoms with van der Waals surface area (Å²) in [5, 5.41) is 29.6. The molecule has 0 spiro atoms. The first-order chi connectivity index (χ1) is 22.3. The number of aliphatic hydroxyl groups excluding tert-OH is 1. The molecule has 0 amide bonds. The van der Waals surface area contributed by atoms with E-state index in [4.69, 9.17) is 30.5 Å². The molecule has 0 saturated carbocycles. The quantitative estimate of drug-likeness (QED) is 0.211. The lowest BCUT2D eigenvalue weighted by molar-refractivity contribution is -0.142. The third kappa shape index (κ3) is 6.90. The monoisotopic (exact) mass is 640 g/mol. The minimum absolute atomic E-state index is 0.145. The van der Waals surface area contributed by atoms with Crippen LogP contribution in [-0.2, 0) is 24.6 Å². The maximum Gasteiger partial charge on any atom is 0.321 e. The zero-order valence-corrected chi connectivity index (χ0v) is 26.0. The molecule has 1 fully saturated rings. The van der Waals surface area contributed by atoms with Gasteiger partial charge in [-0.3, -0.25) is 9.69 Å². The number of likely N-dealkylation sites (tertiary alicyclic amines) is 1. The van der Waals surface area contributed by atoms with Gasteiger partial charge in [0.15, 0.2) is 11.5 Å². The van der Waals surface area contributed by atoms with Crippen molar-refractivity contribution in [3.05, 3.63) is 106 Å². The number of benzene rings is 4. The minimum Gasteiger partial charge on any atom is -0.488 e. The topological polar surface area (TPSA) is 121 Å². The number of aliphatic carboxylic acids is 1. The summed E-state index contributed by atoms with van der Waals surface area (Å²) in [4.78, 5) is 13.6. The van der Waals surface area contributed by atoms with Gasteiger partial charge in [-0.25, -0.2) is 0 Å². The van der Waals surface area contributed by atoms with Crippen molar-refractivity contribution >= 4 is 17.6 Å². The first-order valence-corrected chi connectivity index (χ1v) is 15.4. The van der Waals surface area contributed by atoms with Gasteiger partial charge in [0.25, 0.3) is 0 Å². The molecule has 0 aliphatic carbocycles. The molecule has 0 unspecified atom stereocenters. The first kappa shape index (κ1) is 31.2. The van der Waals surface area contributed by atoms with Crippen LogP contribution in [0, 0.1) is 18.3 Å². The highest BCUT2D eigenvalue weighted by Gasteiger charge is 2.36. The maximum absolute atomic E-state index is 11.9. The number of hydrogen-bond acceptors (Lipinski definition) is 8. The molecule has 0 radical (unpaired) electrons.